The second-order valence-corrected chi connectivity index (χ2v) is 5.68. The van der Waals surface area contributed by atoms with Crippen LogP contribution in [0.4, 0.5) is 0 Å². The Labute approximate surface area is 144 Å². The summed E-state index contributed by atoms with van der Waals surface area (Å²) in [7, 11) is 6.39. The summed E-state index contributed by atoms with van der Waals surface area (Å²) in [4.78, 5) is 0. The molecule has 0 amide bonds. The second kappa shape index (κ2) is 7.57. The molecule has 0 aliphatic heterocycles. The maximum atomic E-state index is 6.42. The number of nitrogens with two attached hydrogens (primary N) is 1. The molecule has 23 heavy (non-hydrogen) atoms. The first-order valence-electron chi connectivity index (χ1n) is 6.94. The molecule has 0 radical (unpaired) electrons. The van der Waals surface area contributed by atoms with Gasteiger partial charge < -0.3 is 24.7 Å². The molecule has 5 nitrogen and oxygen atoms in total. The average Bonchev–Trinajstić information content (AvgIpc) is 2.60. The van der Waals surface area contributed by atoms with E-state index in [9.17, 15) is 0 Å². The second-order valence-electron chi connectivity index (χ2n) is 4.82. The minimum Gasteiger partial charge on any atom is -0.493 e. The highest BCUT2D eigenvalue weighted by Crippen LogP contribution is 2.38. The van der Waals surface area contributed by atoms with E-state index in [0.29, 0.717) is 23.0 Å². The fourth-order valence-corrected chi connectivity index (χ4v) is 2.90. The lowest BCUT2D eigenvalue weighted by Gasteiger charge is -2.18. The summed E-state index contributed by atoms with van der Waals surface area (Å²) < 4.78 is 22.1. The molecule has 2 N–H and O–H groups in total. The number of methoxy groups -OCH3 is 4. The Hall–Kier alpha value is -1.92. The minimum atomic E-state index is -0.357. The van der Waals surface area contributed by atoms with Gasteiger partial charge in [-0.25, -0.2) is 0 Å². The molecule has 0 aliphatic carbocycles. The molecule has 1 unspecified atom stereocenters. The van der Waals surface area contributed by atoms with E-state index in [1.54, 1.807) is 28.4 Å². The number of ether oxygens (including phenoxy) is 4. The van der Waals surface area contributed by atoms with Crippen molar-refractivity contribution < 1.29 is 18.9 Å². The molecule has 0 fully saturated rings. The Kier molecular flexibility index (Phi) is 5.74. The van der Waals surface area contributed by atoms with E-state index in [-0.39, 0.29) is 6.04 Å². The fourth-order valence-electron chi connectivity index (χ4n) is 2.33. The maximum Gasteiger partial charge on any atom is 0.161 e. The highest BCUT2D eigenvalue weighted by Gasteiger charge is 2.18. The van der Waals surface area contributed by atoms with Gasteiger partial charge in [0.25, 0.3) is 0 Å². The summed E-state index contributed by atoms with van der Waals surface area (Å²) >= 11 is 3.54. The molecule has 0 aromatic heterocycles. The summed E-state index contributed by atoms with van der Waals surface area (Å²) in [5.74, 6) is 2.57. The van der Waals surface area contributed by atoms with Gasteiger partial charge in [-0.05, 0) is 35.4 Å². The first kappa shape index (κ1) is 17.4. The third kappa shape index (κ3) is 3.54. The standard InChI is InChI=1S/C17H20BrNO4/c1-20-13-6-5-10(7-14(13)21-2)17(19)11-8-15(22-3)16(23-4)9-12(11)18/h5-9,17H,19H2,1-4H3. The van der Waals surface area contributed by atoms with E-state index in [2.05, 4.69) is 15.9 Å². The quantitative estimate of drug-likeness (QED) is 0.828. The number of rotatable bonds is 6. The first-order chi connectivity index (χ1) is 11.0. The predicted molar refractivity (Wildman–Crippen MR) is 92.8 cm³/mol. The molecule has 6 heteroatoms. The van der Waals surface area contributed by atoms with Crippen molar-refractivity contribution in [2.45, 2.75) is 6.04 Å². The summed E-state index contributed by atoms with van der Waals surface area (Å²) in [6.45, 7) is 0. The zero-order valence-corrected chi connectivity index (χ0v) is 15.1. The maximum absolute atomic E-state index is 6.42. The van der Waals surface area contributed by atoms with Crippen LogP contribution in [0.15, 0.2) is 34.8 Å². The van der Waals surface area contributed by atoms with Gasteiger partial charge in [0.05, 0.1) is 34.5 Å². The van der Waals surface area contributed by atoms with Crippen molar-refractivity contribution in [2.75, 3.05) is 28.4 Å². The molecule has 2 rings (SSSR count). The Morgan fingerprint density at radius 3 is 1.87 bits per heavy atom. The Morgan fingerprint density at radius 1 is 0.783 bits per heavy atom. The lowest BCUT2D eigenvalue weighted by atomic mass is 9.98. The van der Waals surface area contributed by atoms with Crippen LogP contribution in [0.3, 0.4) is 0 Å². The highest BCUT2D eigenvalue weighted by atomic mass is 79.9. The van der Waals surface area contributed by atoms with E-state index in [4.69, 9.17) is 24.7 Å². The number of benzene rings is 2. The third-order valence-electron chi connectivity index (χ3n) is 3.60. The van der Waals surface area contributed by atoms with Gasteiger partial charge in [0.2, 0.25) is 0 Å². The molecular formula is C17H20BrNO4. The number of hydrogen-bond acceptors (Lipinski definition) is 5. The summed E-state index contributed by atoms with van der Waals surface area (Å²) in [5, 5.41) is 0. The molecule has 0 bridgehead atoms. The average molecular weight is 382 g/mol. The largest absolute Gasteiger partial charge is 0.493 e. The van der Waals surface area contributed by atoms with Crippen molar-refractivity contribution in [2.24, 2.45) is 5.73 Å². The zero-order valence-electron chi connectivity index (χ0n) is 13.6. The molecule has 0 aliphatic rings. The van der Waals surface area contributed by atoms with E-state index in [1.807, 2.05) is 30.3 Å². The zero-order chi connectivity index (χ0) is 17.0. The van der Waals surface area contributed by atoms with Gasteiger partial charge in [-0.1, -0.05) is 22.0 Å². The van der Waals surface area contributed by atoms with E-state index >= 15 is 0 Å². The van der Waals surface area contributed by atoms with Gasteiger partial charge in [-0.3, -0.25) is 0 Å². The minimum absolute atomic E-state index is 0.357. The number of halogens is 1. The molecule has 0 spiro atoms. The van der Waals surface area contributed by atoms with Crippen LogP contribution in [0.1, 0.15) is 17.2 Å². The van der Waals surface area contributed by atoms with Crippen LogP contribution >= 0.6 is 15.9 Å². The van der Waals surface area contributed by atoms with Crippen molar-refractivity contribution in [1.29, 1.82) is 0 Å². The molecule has 0 saturated carbocycles. The lowest BCUT2D eigenvalue weighted by molar-refractivity contribution is 0.353. The molecule has 2 aromatic rings. The van der Waals surface area contributed by atoms with Crippen LogP contribution in [-0.2, 0) is 0 Å². The predicted octanol–water partition coefficient (Wildman–Crippen LogP) is 3.53. The smallest absolute Gasteiger partial charge is 0.161 e. The summed E-state index contributed by atoms with van der Waals surface area (Å²) in [6.07, 6.45) is 0. The molecular weight excluding hydrogens is 362 g/mol. The Balaban J connectivity index is 2.46. The molecule has 1 atom stereocenters. The topological polar surface area (TPSA) is 62.9 Å². The summed E-state index contributed by atoms with van der Waals surface area (Å²) in [6, 6.07) is 8.97. The van der Waals surface area contributed by atoms with Crippen molar-refractivity contribution in [1.82, 2.24) is 0 Å². The third-order valence-corrected chi connectivity index (χ3v) is 4.29. The fraction of sp³-hybridized carbons (Fsp3) is 0.294. The van der Waals surface area contributed by atoms with Crippen molar-refractivity contribution >= 4 is 15.9 Å². The van der Waals surface area contributed by atoms with E-state index in [1.165, 1.54) is 0 Å². The van der Waals surface area contributed by atoms with Crippen LogP contribution < -0.4 is 24.7 Å². The Bertz CT molecular complexity index is 691. The normalized spacial score (nSPS) is 11.7. The van der Waals surface area contributed by atoms with Gasteiger partial charge in [0, 0.05) is 4.47 Å². The van der Waals surface area contributed by atoms with Gasteiger partial charge in [0.1, 0.15) is 0 Å². The van der Waals surface area contributed by atoms with Crippen LogP contribution in [0, 0.1) is 0 Å². The van der Waals surface area contributed by atoms with Crippen molar-refractivity contribution in [3.63, 3.8) is 0 Å². The highest BCUT2D eigenvalue weighted by molar-refractivity contribution is 9.10. The van der Waals surface area contributed by atoms with Gasteiger partial charge in [-0.2, -0.15) is 0 Å². The lowest BCUT2D eigenvalue weighted by Crippen LogP contribution is -2.13. The number of hydrogen-bond donors (Lipinski definition) is 1. The van der Waals surface area contributed by atoms with E-state index < -0.39 is 0 Å². The summed E-state index contributed by atoms with van der Waals surface area (Å²) in [5.41, 5.74) is 8.21. The van der Waals surface area contributed by atoms with Crippen LogP contribution in [0.25, 0.3) is 0 Å². The molecule has 0 heterocycles. The Morgan fingerprint density at radius 2 is 1.30 bits per heavy atom. The van der Waals surface area contributed by atoms with Crippen LogP contribution in [0.2, 0.25) is 0 Å². The van der Waals surface area contributed by atoms with Gasteiger partial charge in [0.15, 0.2) is 23.0 Å². The van der Waals surface area contributed by atoms with Crippen molar-refractivity contribution in [3.05, 3.63) is 45.9 Å². The molecule has 0 saturated heterocycles. The first-order valence-corrected chi connectivity index (χ1v) is 7.73. The molecule has 124 valence electrons. The van der Waals surface area contributed by atoms with Gasteiger partial charge >= 0.3 is 0 Å². The van der Waals surface area contributed by atoms with Crippen LogP contribution in [0.5, 0.6) is 23.0 Å². The van der Waals surface area contributed by atoms with Gasteiger partial charge in [-0.15, -0.1) is 0 Å². The monoisotopic (exact) mass is 381 g/mol. The van der Waals surface area contributed by atoms with Crippen molar-refractivity contribution in [3.8, 4) is 23.0 Å². The molecule has 2 aromatic carbocycles. The van der Waals surface area contributed by atoms with E-state index in [0.717, 1.165) is 15.6 Å². The van der Waals surface area contributed by atoms with Crippen LogP contribution in [-0.4, -0.2) is 28.4 Å². The SMILES string of the molecule is COc1ccc(C(N)c2cc(OC)c(OC)cc2Br)cc1OC.